The molecule has 0 spiro atoms. The molecule has 4 nitrogen and oxygen atoms in total. The number of aromatic carboxylic acids is 1. The summed E-state index contributed by atoms with van der Waals surface area (Å²) in [5.74, 6) is -1.09. The van der Waals surface area contributed by atoms with E-state index < -0.39 is 5.97 Å². The first-order valence-electron chi connectivity index (χ1n) is 3.67. The van der Waals surface area contributed by atoms with Gasteiger partial charge in [0.05, 0.1) is 11.3 Å². The Morgan fingerprint density at radius 3 is 2.69 bits per heavy atom. The van der Waals surface area contributed by atoms with Crippen LogP contribution in [0.1, 0.15) is 29.0 Å². The molecule has 13 heavy (non-hydrogen) atoms. The van der Waals surface area contributed by atoms with Gasteiger partial charge in [0, 0.05) is 6.04 Å². The van der Waals surface area contributed by atoms with E-state index in [2.05, 4.69) is 4.98 Å². The van der Waals surface area contributed by atoms with Crippen LogP contribution >= 0.6 is 11.6 Å². The first-order chi connectivity index (χ1) is 6.02. The van der Waals surface area contributed by atoms with Crippen molar-refractivity contribution in [1.82, 2.24) is 4.98 Å². The number of rotatable bonds is 2. The molecule has 1 aromatic rings. The third-order valence-electron chi connectivity index (χ3n) is 1.57. The van der Waals surface area contributed by atoms with E-state index >= 15 is 0 Å². The van der Waals surface area contributed by atoms with Crippen LogP contribution in [-0.2, 0) is 0 Å². The fourth-order valence-corrected chi connectivity index (χ4v) is 1.10. The van der Waals surface area contributed by atoms with Gasteiger partial charge < -0.3 is 10.8 Å². The van der Waals surface area contributed by atoms with Gasteiger partial charge in [-0.2, -0.15) is 0 Å². The lowest BCUT2D eigenvalue weighted by atomic mass is 10.2. The van der Waals surface area contributed by atoms with Crippen molar-refractivity contribution in [1.29, 1.82) is 0 Å². The predicted octanol–water partition coefficient (Wildman–Crippen LogP) is 1.45. The SMILES string of the molecule is C[C@H](N)c1ccc(C(=O)O)c(Cl)n1. The Morgan fingerprint density at radius 1 is 1.69 bits per heavy atom. The fourth-order valence-electron chi connectivity index (χ4n) is 0.861. The summed E-state index contributed by atoms with van der Waals surface area (Å²) in [4.78, 5) is 14.4. The quantitative estimate of drug-likeness (QED) is 0.709. The van der Waals surface area contributed by atoms with Crippen LogP contribution < -0.4 is 5.73 Å². The molecular formula is C8H9ClN2O2. The van der Waals surface area contributed by atoms with E-state index in [1.807, 2.05) is 0 Å². The minimum atomic E-state index is -1.09. The van der Waals surface area contributed by atoms with Crippen molar-refractivity contribution in [2.24, 2.45) is 5.73 Å². The topological polar surface area (TPSA) is 76.2 Å². The zero-order chi connectivity index (χ0) is 10.0. The molecule has 5 heteroatoms. The number of nitrogens with two attached hydrogens (primary N) is 1. The van der Waals surface area contributed by atoms with E-state index in [9.17, 15) is 4.79 Å². The molecule has 1 aromatic heterocycles. The van der Waals surface area contributed by atoms with Gasteiger partial charge >= 0.3 is 5.97 Å². The highest BCUT2D eigenvalue weighted by molar-refractivity contribution is 6.32. The van der Waals surface area contributed by atoms with Crippen LogP contribution in [0.5, 0.6) is 0 Å². The number of hydrogen-bond acceptors (Lipinski definition) is 3. The van der Waals surface area contributed by atoms with Gasteiger partial charge in [-0.3, -0.25) is 0 Å². The zero-order valence-corrected chi connectivity index (χ0v) is 7.75. The van der Waals surface area contributed by atoms with E-state index in [0.29, 0.717) is 5.69 Å². The van der Waals surface area contributed by atoms with Gasteiger partial charge in [0.15, 0.2) is 0 Å². The molecule has 70 valence electrons. The van der Waals surface area contributed by atoms with Gasteiger partial charge in [-0.25, -0.2) is 9.78 Å². The summed E-state index contributed by atoms with van der Waals surface area (Å²) < 4.78 is 0. The number of aromatic nitrogens is 1. The molecule has 0 amide bonds. The number of pyridine rings is 1. The van der Waals surface area contributed by atoms with Gasteiger partial charge in [-0.15, -0.1) is 0 Å². The molecule has 0 aliphatic carbocycles. The first kappa shape index (κ1) is 9.95. The molecule has 0 aromatic carbocycles. The lowest BCUT2D eigenvalue weighted by Crippen LogP contribution is -2.09. The van der Waals surface area contributed by atoms with Gasteiger partial charge in [-0.1, -0.05) is 11.6 Å². The Bertz CT molecular complexity index is 339. The maximum absolute atomic E-state index is 10.5. The number of nitrogens with zero attached hydrogens (tertiary/aromatic N) is 1. The second-order valence-electron chi connectivity index (χ2n) is 2.67. The van der Waals surface area contributed by atoms with E-state index in [4.69, 9.17) is 22.4 Å². The molecule has 1 rings (SSSR count). The largest absolute Gasteiger partial charge is 0.478 e. The molecule has 1 atom stereocenters. The smallest absolute Gasteiger partial charge is 0.338 e. The lowest BCUT2D eigenvalue weighted by molar-refractivity contribution is 0.0696. The Morgan fingerprint density at radius 2 is 2.31 bits per heavy atom. The molecule has 0 aliphatic heterocycles. The average Bonchev–Trinajstić information content (AvgIpc) is 2.03. The molecule has 0 saturated heterocycles. The van der Waals surface area contributed by atoms with Crippen LogP contribution in [-0.4, -0.2) is 16.1 Å². The van der Waals surface area contributed by atoms with Gasteiger partial charge in [0.1, 0.15) is 5.15 Å². The summed E-state index contributed by atoms with van der Waals surface area (Å²) in [5.41, 5.74) is 6.11. The highest BCUT2D eigenvalue weighted by Gasteiger charge is 2.11. The Hall–Kier alpha value is -1.13. The highest BCUT2D eigenvalue weighted by atomic mass is 35.5. The van der Waals surface area contributed by atoms with E-state index in [0.717, 1.165) is 0 Å². The summed E-state index contributed by atoms with van der Waals surface area (Å²) in [6, 6.07) is 2.71. The second kappa shape index (κ2) is 3.72. The average molecular weight is 201 g/mol. The molecule has 0 unspecified atom stereocenters. The first-order valence-corrected chi connectivity index (χ1v) is 4.05. The molecule has 1 heterocycles. The number of hydrogen-bond donors (Lipinski definition) is 2. The van der Waals surface area contributed by atoms with Crippen molar-refractivity contribution in [3.05, 3.63) is 28.5 Å². The minimum Gasteiger partial charge on any atom is -0.478 e. The van der Waals surface area contributed by atoms with Crippen molar-refractivity contribution in [2.45, 2.75) is 13.0 Å². The van der Waals surface area contributed by atoms with Crippen molar-refractivity contribution in [3.8, 4) is 0 Å². The van der Waals surface area contributed by atoms with Crippen LogP contribution in [0.15, 0.2) is 12.1 Å². The van der Waals surface area contributed by atoms with E-state index in [-0.39, 0.29) is 16.8 Å². The number of carbonyl (C=O) groups is 1. The summed E-state index contributed by atoms with van der Waals surface area (Å²) in [6.45, 7) is 1.75. The van der Waals surface area contributed by atoms with Crippen LogP contribution in [0, 0.1) is 0 Å². The number of carboxylic acids is 1. The highest BCUT2D eigenvalue weighted by Crippen LogP contribution is 2.16. The van der Waals surface area contributed by atoms with Crippen LogP contribution in [0.4, 0.5) is 0 Å². The molecule has 0 aliphatic rings. The molecule has 0 fully saturated rings. The summed E-state index contributed by atoms with van der Waals surface area (Å²) in [7, 11) is 0. The Balaban J connectivity index is 3.13. The molecule has 3 N–H and O–H groups in total. The fraction of sp³-hybridized carbons (Fsp3) is 0.250. The van der Waals surface area contributed by atoms with E-state index in [1.165, 1.54) is 6.07 Å². The summed E-state index contributed by atoms with van der Waals surface area (Å²) >= 11 is 5.62. The standard InChI is InChI=1S/C8H9ClN2O2/c1-4(10)6-3-2-5(8(12)13)7(9)11-6/h2-4H,10H2,1H3,(H,12,13)/t4-/m0/s1. The van der Waals surface area contributed by atoms with Gasteiger partial charge in [0.2, 0.25) is 0 Å². The molecular weight excluding hydrogens is 192 g/mol. The third kappa shape index (κ3) is 2.17. The summed E-state index contributed by atoms with van der Waals surface area (Å²) in [5, 5.41) is 8.61. The Labute approximate surface area is 80.3 Å². The Kier molecular flexibility index (Phi) is 2.85. The minimum absolute atomic E-state index is 0.00827. The van der Waals surface area contributed by atoms with Crippen molar-refractivity contribution in [2.75, 3.05) is 0 Å². The molecule has 0 radical (unpaired) electrons. The zero-order valence-electron chi connectivity index (χ0n) is 6.99. The van der Waals surface area contributed by atoms with Gasteiger partial charge in [-0.05, 0) is 19.1 Å². The maximum atomic E-state index is 10.5. The summed E-state index contributed by atoms with van der Waals surface area (Å²) in [6.07, 6.45) is 0. The van der Waals surface area contributed by atoms with Crippen LogP contribution in [0.3, 0.4) is 0 Å². The number of halogens is 1. The monoisotopic (exact) mass is 200 g/mol. The molecule has 0 saturated carbocycles. The number of carboxylic acid groups (broad SMARTS) is 1. The van der Waals surface area contributed by atoms with Crippen molar-refractivity contribution in [3.63, 3.8) is 0 Å². The maximum Gasteiger partial charge on any atom is 0.338 e. The third-order valence-corrected chi connectivity index (χ3v) is 1.86. The normalized spacial score (nSPS) is 12.5. The van der Waals surface area contributed by atoms with Gasteiger partial charge in [0.25, 0.3) is 0 Å². The second-order valence-corrected chi connectivity index (χ2v) is 3.03. The van der Waals surface area contributed by atoms with Crippen molar-refractivity contribution >= 4 is 17.6 Å². The van der Waals surface area contributed by atoms with Crippen molar-refractivity contribution < 1.29 is 9.90 Å². The van der Waals surface area contributed by atoms with Crippen LogP contribution in [0.25, 0.3) is 0 Å². The predicted molar refractivity (Wildman–Crippen MR) is 48.8 cm³/mol. The lowest BCUT2D eigenvalue weighted by Gasteiger charge is -2.05. The van der Waals surface area contributed by atoms with E-state index in [1.54, 1.807) is 13.0 Å². The van der Waals surface area contributed by atoms with Crippen LogP contribution in [0.2, 0.25) is 5.15 Å². The molecule has 0 bridgehead atoms.